The highest BCUT2D eigenvalue weighted by Crippen LogP contribution is 2.00. The summed E-state index contributed by atoms with van der Waals surface area (Å²) in [5.41, 5.74) is 5.73. The molecule has 0 radical (unpaired) electrons. The Morgan fingerprint density at radius 2 is 2.50 bits per heavy atom. The van der Waals surface area contributed by atoms with Gasteiger partial charge in [-0.2, -0.15) is 0 Å². The molecular formula is C5H8N2O. The summed E-state index contributed by atoms with van der Waals surface area (Å²) in [6, 6.07) is 3.51. The Labute approximate surface area is 47.1 Å². The van der Waals surface area contributed by atoms with E-state index in [0.29, 0.717) is 5.69 Å². The summed E-state index contributed by atoms with van der Waals surface area (Å²) in [5, 5.41) is 8.66. The highest BCUT2D eigenvalue weighted by atomic mass is 16.3. The van der Waals surface area contributed by atoms with E-state index in [1.807, 2.05) is 0 Å². The van der Waals surface area contributed by atoms with Crippen molar-refractivity contribution in [3.8, 4) is 0 Å². The number of hydrogen-bond donors (Lipinski definition) is 3. The van der Waals surface area contributed by atoms with E-state index in [4.69, 9.17) is 10.8 Å². The van der Waals surface area contributed by atoms with Crippen molar-refractivity contribution < 1.29 is 5.11 Å². The molecule has 0 amide bonds. The second-order valence-electron chi connectivity index (χ2n) is 1.57. The predicted molar refractivity (Wildman–Crippen MR) is 29.9 cm³/mol. The first-order valence-electron chi connectivity index (χ1n) is 2.37. The molecule has 1 rings (SSSR count). The topological polar surface area (TPSA) is 62.0 Å². The maximum absolute atomic E-state index is 8.66. The fourth-order valence-electron chi connectivity index (χ4n) is 0.528. The smallest absolute Gasteiger partial charge is 0.143 e. The molecule has 0 aliphatic heterocycles. The molecule has 3 nitrogen and oxygen atoms in total. The number of nitrogens with two attached hydrogens (primary N) is 1. The normalized spacial score (nSPS) is 13.8. The van der Waals surface area contributed by atoms with Crippen molar-refractivity contribution in [3.05, 3.63) is 24.0 Å². The van der Waals surface area contributed by atoms with Crippen molar-refractivity contribution in [3.63, 3.8) is 0 Å². The average molecular weight is 112 g/mol. The molecule has 1 atom stereocenters. The monoisotopic (exact) mass is 112 g/mol. The molecule has 1 aromatic rings. The lowest BCUT2D eigenvalue weighted by molar-refractivity contribution is 0.182. The number of aliphatic hydroxyl groups excluding tert-OH is 1. The van der Waals surface area contributed by atoms with Gasteiger partial charge in [0.1, 0.15) is 6.23 Å². The standard InChI is InChI=1S/C5H8N2O/c6-5(8)4-2-1-3-7-4/h1-3,5,7-8H,6H2. The van der Waals surface area contributed by atoms with Crippen molar-refractivity contribution in [2.75, 3.05) is 0 Å². The lowest BCUT2D eigenvalue weighted by atomic mass is 10.4. The molecule has 0 aromatic carbocycles. The van der Waals surface area contributed by atoms with Crippen LogP contribution in [0.2, 0.25) is 0 Å². The predicted octanol–water partition coefficient (Wildman–Crippen LogP) is -0.0357. The molecule has 4 N–H and O–H groups in total. The van der Waals surface area contributed by atoms with Gasteiger partial charge in [-0.15, -0.1) is 0 Å². The fraction of sp³-hybridized carbons (Fsp3) is 0.200. The minimum Gasteiger partial charge on any atom is -0.373 e. The first-order valence-corrected chi connectivity index (χ1v) is 2.37. The lowest BCUT2D eigenvalue weighted by Crippen LogP contribution is -2.08. The number of H-pyrrole nitrogens is 1. The Balaban J connectivity index is 2.77. The zero-order valence-corrected chi connectivity index (χ0v) is 4.33. The minimum atomic E-state index is -0.870. The fourth-order valence-corrected chi connectivity index (χ4v) is 0.528. The van der Waals surface area contributed by atoms with Crippen LogP contribution >= 0.6 is 0 Å². The molecule has 0 aliphatic carbocycles. The van der Waals surface area contributed by atoms with E-state index in [1.165, 1.54) is 0 Å². The van der Waals surface area contributed by atoms with Gasteiger partial charge in [0.2, 0.25) is 0 Å². The van der Waals surface area contributed by atoms with Crippen LogP contribution in [0, 0.1) is 0 Å². The van der Waals surface area contributed by atoms with Gasteiger partial charge < -0.3 is 15.8 Å². The van der Waals surface area contributed by atoms with Crippen LogP contribution in [0.15, 0.2) is 18.3 Å². The summed E-state index contributed by atoms with van der Waals surface area (Å²) in [6.07, 6.45) is 0.843. The third-order valence-electron chi connectivity index (χ3n) is 0.941. The molecule has 0 saturated carbocycles. The first-order chi connectivity index (χ1) is 3.80. The second kappa shape index (κ2) is 1.98. The molecule has 0 spiro atoms. The Morgan fingerprint density at radius 1 is 1.75 bits per heavy atom. The maximum Gasteiger partial charge on any atom is 0.143 e. The average Bonchev–Trinajstić information content (AvgIpc) is 2.12. The number of hydrogen-bond acceptors (Lipinski definition) is 2. The molecule has 1 heterocycles. The third kappa shape index (κ3) is 0.882. The van der Waals surface area contributed by atoms with Crippen LogP contribution in [-0.2, 0) is 0 Å². The van der Waals surface area contributed by atoms with Crippen LogP contribution in [0.25, 0.3) is 0 Å². The SMILES string of the molecule is NC(O)c1ccc[nH]1. The van der Waals surface area contributed by atoms with E-state index < -0.39 is 6.23 Å². The summed E-state index contributed by atoms with van der Waals surface area (Å²) < 4.78 is 0. The van der Waals surface area contributed by atoms with Crippen LogP contribution < -0.4 is 5.73 Å². The summed E-state index contributed by atoms with van der Waals surface area (Å²) in [4.78, 5) is 2.76. The van der Waals surface area contributed by atoms with Gasteiger partial charge in [0.25, 0.3) is 0 Å². The van der Waals surface area contributed by atoms with E-state index in [2.05, 4.69) is 4.98 Å². The van der Waals surface area contributed by atoms with Crippen LogP contribution in [0.1, 0.15) is 11.9 Å². The zero-order valence-electron chi connectivity index (χ0n) is 4.33. The molecule has 1 aromatic heterocycles. The molecule has 8 heavy (non-hydrogen) atoms. The Hall–Kier alpha value is -0.800. The molecule has 3 heteroatoms. The van der Waals surface area contributed by atoms with E-state index in [-0.39, 0.29) is 0 Å². The Morgan fingerprint density at radius 3 is 2.75 bits per heavy atom. The highest BCUT2D eigenvalue weighted by molar-refractivity contribution is 5.04. The van der Waals surface area contributed by atoms with Gasteiger partial charge in [0.05, 0.1) is 5.69 Å². The van der Waals surface area contributed by atoms with Crippen molar-refractivity contribution in [2.24, 2.45) is 5.73 Å². The van der Waals surface area contributed by atoms with Crippen LogP contribution in [0.3, 0.4) is 0 Å². The van der Waals surface area contributed by atoms with Gasteiger partial charge in [-0.1, -0.05) is 0 Å². The van der Waals surface area contributed by atoms with Crippen LogP contribution in [-0.4, -0.2) is 10.1 Å². The number of aromatic nitrogens is 1. The van der Waals surface area contributed by atoms with Gasteiger partial charge in [-0.25, -0.2) is 0 Å². The molecule has 0 fully saturated rings. The van der Waals surface area contributed by atoms with E-state index in [0.717, 1.165) is 0 Å². The van der Waals surface area contributed by atoms with Gasteiger partial charge in [0, 0.05) is 6.20 Å². The van der Waals surface area contributed by atoms with Crippen molar-refractivity contribution in [1.29, 1.82) is 0 Å². The number of nitrogens with one attached hydrogen (secondary N) is 1. The molecule has 0 saturated heterocycles. The molecule has 44 valence electrons. The summed E-state index contributed by atoms with van der Waals surface area (Å²) in [7, 11) is 0. The lowest BCUT2D eigenvalue weighted by Gasteiger charge is -1.96. The van der Waals surface area contributed by atoms with E-state index in [1.54, 1.807) is 18.3 Å². The van der Waals surface area contributed by atoms with E-state index in [9.17, 15) is 0 Å². The zero-order chi connectivity index (χ0) is 5.98. The molecule has 1 unspecified atom stereocenters. The van der Waals surface area contributed by atoms with Gasteiger partial charge in [0.15, 0.2) is 0 Å². The number of aromatic amines is 1. The maximum atomic E-state index is 8.66. The van der Waals surface area contributed by atoms with Crippen molar-refractivity contribution in [1.82, 2.24) is 4.98 Å². The summed E-state index contributed by atoms with van der Waals surface area (Å²) in [6.45, 7) is 0. The second-order valence-corrected chi connectivity index (χ2v) is 1.57. The number of rotatable bonds is 1. The van der Waals surface area contributed by atoms with E-state index >= 15 is 0 Å². The highest BCUT2D eigenvalue weighted by Gasteiger charge is 1.96. The number of aliphatic hydroxyl groups is 1. The van der Waals surface area contributed by atoms with Crippen LogP contribution in [0.5, 0.6) is 0 Å². The summed E-state index contributed by atoms with van der Waals surface area (Å²) in [5.74, 6) is 0. The largest absolute Gasteiger partial charge is 0.373 e. The summed E-state index contributed by atoms with van der Waals surface area (Å²) >= 11 is 0. The third-order valence-corrected chi connectivity index (χ3v) is 0.941. The molecule has 0 bridgehead atoms. The first kappa shape index (κ1) is 5.34. The van der Waals surface area contributed by atoms with Crippen LogP contribution in [0.4, 0.5) is 0 Å². The quantitative estimate of drug-likeness (QED) is 0.446. The molecule has 0 aliphatic rings. The molecular weight excluding hydrogens is 104 g/mol. The van der Waals surface area contributed by atoms with Gasteiger partial charge >= 0.3 is 0 Å². The van der Waals surface area contributed by atoms with Gasteiger partial charge in [-0.05, 0) is 12.1 Å². The Kier molecular flexibility index (Phi) is 1.32. The van der Waals surface area contributed by atoms with Crippen molar-refractivity contribution in [2.45, 2.75) is 6.23 Å². The van der Waals surface area contributed by atoms with Crippen molar-refractivity contribution >= 4 is 0 Å². The minimum absolute atomic E-state index is 0.644. The van der Waals surface area contributed by atoms with Gasteiger partial charge in [-0.3, -0.25) is 0 Å². The Bertz CT molecular complexity index is 145.